The largest absolute Gasteiger partial charge is 0.381 e. The molecule has 2 heterocycles. The van der Waals surface area contributed by atoms with Gasteiger partial charge in [0.1, 0.15) is 5.82 Å². The highest BCUT2D eigenvalue weighted by atomic mass is 35.5. The average molecular weight is 487 g/mol. The van der Waals surface area contributed by atoms with Crippen LogP contribution in [0.5, 0.6) is 0 Å². The summed E-state index contributed by atoms with van der Waals surface area (Å²) in [6.07, 6.45) is 1.39. The van der Waals surface area contributed by atoms with Crippen LogP contribution in [0.15, 0.2) is 54.6 Å². The van der Waals surface area contributed by atoms with Crippen LogP contribution in [0.1, 0.15) is 44.0 Å². The Morgan fingerprint density at radius 2 is 1.85 bits per heavy atom. The predicted molar refractivity (Wildman–Crippen MR) is 129 cm³/mol. The van der Waals surface area contributed by atoms with Crippen LogP contribution >= 0.6 is 22.9 Å². The Hall–Kier alpha value is -2.74. The van der Waals surface area contributed by atoms with E-state index in [1.807, 2.05) is 13.0 Å². The number of carbonyl (C=O) groups excluding carboxylic acids is 2. The molecule has 1 saturated heterocycles. The number of carbonyl (C=O) groups is 2. The molecule has 1 aliphatic rings. The number of hydrogen-bond acceptors (Lipinski definition) is 4. The molecule has 0 unspecified atom stereocenters. The van der Waals surface area contributed by atoms with Crippen molar-refractivity contribution in [1.29, 1.82) is 0 Å². The van der Waals surface area contributed by atoms with E-state index in [-0.39, 0.29) is 23.0 Å². The first-order valence-corrected chi connectivity index (χ1v) is 11.9. The minimum Gasteiger partial charge on any atom is -0.381 e. The van der Waals surface area contributed by atoms with Gasteiger partial charge in [-0.15, -0.1) is 11.3 Å². The summed E-state index contributed by atoms with van der Waals surface area (Å²) in [6, 6.07) is 15.1. The van der Waals surface area contributed by atoms with Crippen molar-refractivity contribution >= 4 is 39.8 Å². The van der Waals surface area contributed by atoms with Gasteiger partial charge >= 0.3 is 0 Å². The lowest BCUT2D eigenvalue weighted by Gasteiger charge is -2.38. The van der Waals surface area contributed by atoms with E-state index in [1.165, 1.54) is 23.5 Å². The van der Waals surface area contributed by atoms with Gasteiger partial charge in [-0.3, -0.25) is 9.59 Å². The van der Waals surface area contributed by atoms with E-state index in [9.17, 15) is 14.0 Å². The van der Waals surface area contributed by atoms with Crippen molar-refractivity contribution in [3.8, 4) is 0 Å². The second kappa shape index (κ2) is 10.0. The molecule has 1 fully saturated rings. The highest BCUT2D eigenvalue weighted by Gasteiger charge is 2.35. The third kappa shape index (κ3) is 5.27. The van der Waals surface area contributed by atoms with E-state index in [0.29, 0.717) is 53.1 Å². The topological polar surface area (TPSA) is 67.4 Å². The van der Waals surface area contributed by atoms with E-state index < -0.39 is 0 Å². The zero-order chi connectivity index (χ0) is 23.4. The van der Waals surface area contributed by atoms with Crippen molar-refractivity contribution in [2.24, 2.45) is 0 Å². The molecule has 0 aliphatic carbocycles. The monoisotopic (exact) mass is 486 g/mol. The van der Waals surface area contributed by atoms with Gasteiger partial charge in [0.15, 0.2) is 0 Å². The number of rotatable bonds is 6. The Morgan fingerprint density at radius 1 is 1.09 bits per heavy atom. The standard InChI is InChI=1S/C25H24ClFN2O3S/c1-16-13-21(29-23(30)19-7-2-3-8-20(19)26)33-22(16)24(31)28-15-25(9-11-32-12-10-25)17-5-4-6-18(27)14-17/h2-8,13-14H,9-12,15H2,1H3,(H,28,31)(H,29,30). The summed E-state index contributed by atoms with van der Waals surface area (Å²) in [6.45, 7) is 3.32. The van der Waals surface area contributed by atoms with Crippen LogP contribution in [0.2, 0.25) is 5.02 Å². The summed E-state index contributed by atoms with van der Waals surface area (Å²) in [5.74, 6) is -0.850. The van der Waals surface area contributed by atoms with Gasteiger partial charge in [0, 0.05) is 25.2 Å². The molecular weight excluding hydrogens is 463 g/mol. The first kappa shape index (κ1) is 23.4. The van der Waals surface area contributed by atoms with E-state index in [2.05, 4.69) is 10.6 Å². The molecule has 2 amide bonds. The van der Waals surface area contributed by atoms with Gasteiger partial charge in [0.25, 0.3) is 11.8 Å². The van der Waals surface area contributed by atoms with Crippen LogP contribution in [-0.4, -0.2) is 31.6 Å². The molecule has 0 atom stereocenters. The number of ether oxygens (including phenoxy) is 1. The highest BCUT2D eigenvalue weighted by molar-refractivity contribution is 7.18. The molecule has 0 saturated carbocycles. The number of aryl methyl sites for hydroxylation is 1. The fourth-order valence-corrected chi connectivity index (χ4v) is 5.28. The van der Waals surface area contributed by atoms with Crippen LogP contribution in [0.4, 0.5) is 9.39 Å². The van der Waals surface area contributed by atoms with Crippen molar-refractivity contribution in [2.45, 2.75) is 25.2 Å². The van der Waals surface area contributed by atoms with Crippen molar-refractivity contribution in [3.05, 3.63) is 87.0 Å². The Balaban J connectivity index is 1.47. The van der Waals surface area contributed by atoms with Crippen LogP contribution in [0.25, 0.3) is 0 Å². The summed E-state index contributed by atoms with van der Waals surface area (Å²) in [4.78, 5) is 26.1. The van der Waals surface area contributed by atoms with Crippen molar-refractivity contribution in [2.75, 3.05) is 25.1 Å². The first-order chi connectivity index (χ1) is 15.9. The van der Waals surface area contributed by atoms with Gasteiger partial charge in [-0.2, -0.15) is 0 Å². The SMILES string of the molecule is Cc1cc(NC(=O)c2ccccc2Cl)sc1C(=O)NCC1(c2cccc(F)c2)CCOCC1. The molecule has 5 nitrogen and oxygen atoms in total. The summed E-state index contributed by atoms with van der Waals surface area (Å²) in [5.41, 5.74) is 1.61. The van der Waals surface area contributed by atoms with Gasteiger partial charge < -0.3 is 15.4 Å². The third-order valence-electron chi connectivity index (χ3n) is 5.95. The third-order valence-corrected chi connectivity index (χ3v) is 7.43. The quantitative estimate of drug-likeness (QED) is 0.478. The van der Waals surface area contributed by atoms with Crippen molar-refractivity contribution < 1.29 is 18.7 Å². The van der Waals surface area contributed by atoms with Crippen molar-refractivity contribution in [3.63, 3.8) is 0 Å². The lowest BCUT2D eigenvalue weighted by molar-refractivity contribution is 0.0486. The van der Waals surface area contributed by atoms with Crippen LogP contribution in [0, 0.1) is 12.7 Å². The molecule has 1 aliphatic heterocycles. The maximum absolute atomic E-state index is 13.9. The smallest absolute Gasteiger partial charge is 0.261 e. The second-order valence-corrected chi connectivity index (χ2v) is 9.60. The molecule has 1 aromatic heterocycles. The van der Waals surface area contributed by atoms with E-state index >= 15 is 0 Å². The molecule has 2 N–H and O–H groups in total. The molecule has 172 valence electrons. The average Bonchev–Trinajstić information content (AvgIpc) is 3.18. The Kier molecular flexibility index (Phi) is 7.12. The molecule has 3 aromatic rings. The minimum atomic E-state index is -0.387. The molecule has 8 heteroatoms. The summed E-state index contributed by atoms with van der Waals surface area (Å²) in [5, 5.41) is 6.78. The fraction of sp³-hybridized carbons (Fsp3) is 0.280. The number of hydrogen-bond donors (Lipinski definition) is 2. The Bertz CT molecular complexity index is 1170. The van der Waals surface area contributed by atoms with E-state index in [1.54, 1.807) is 36.4 Å². The first-order valence-electron chi connectivity index (χ1n) is 10.7. The molecule has 2 aromatic carbocycles. The van der Waals surface area contributed by atoms with Crippen LogP contribution in [-0.2, 0) is 10.2 Å². The van der Waals surface area contributed by atoms with Crippen LogP contribution in [0.3, 0.4) is 0 Å². The molecule has 0 radical (unpaired) electrons. The number of anilines is 1. The number of halogens is 2. The minimum absolute atomic E-state index is 0.224. The fourth-order valence-electron chi connectivity index (χ4n) is 4.07. The Labute approximate surface area is 200 Å². The number of nitrogens with one attached hydrogen (secondary N) is 2. The lowest BCUT2D eigenvalue weighted by atomic mass is 9.74. The normalized spacial score (nSPS) is 15.1. The predicted octanol–water partition coefficient (Wildman–Crippen LogP) is 5.58. The zero-order valence-electron chi connectivity index (χ0n) is 18.1. The zero-order valence-corrected chi connectivity index (χ0v) is 19.7. The lowest BCUT2D eigenvalue weighted by Crippen LogP contribution is -2.44. The van der Waals surface area contributed by atoms with Gasteiger partial charge in [-0.05, 0) is 61.2 Å². The van der Waals surface area contributed by atoms with E-state index in [0.717, 1.165) is 11.1 Å². The van der Waals surface area contributed by atoms with Crippen molar-refractivity contribution in [1.82, 2.24) is 5.32 Å². The van der Waals surface area contributed by atoms with Crippen LogP contribution < -0.4 is 10.6 Å². The molecule has 0 spiro atoms. The Morgan fingerprint density at radius 3 is 2.58 bits per heavy atom. The van der Waals surface area contributed by atoms with Gasteiger partial charge in [0.05, 0.1) is 20.5 Å². The molecule has 4 rings (SSSR count). The molecule has 0 bridgehead atoms. The number of thiophene rings is 1. The number of amides is 2. The molecular formula is C25H24ClFN2O3S. The van der Waals surface area contributed by atoms with Gasteiger partial charge in [-0.1, -0.05) is 35.9 Å². The summed E-state index contributed by atoms with van der Waals surface area (Å²) < 4.78 is 19.4. The number of benzene rings is 2. The maximum atomic E-state index is 13.9. The molecule has 33 heavy (non-hydrogen) atoms. The summed E-state index contributed by atoms with van der Waals surface area (Å²) >= 11 is 7.32. The van der Waals surface area contributed by atoms with Gasteiger partial charge in [0.2, 0.25) is 0 Å². The highest BCUT2D eigenvalue weighted by Crippen LogP contribution is 2.35. The van der Waals surface area contributed by atoms with E-state index in [4.69, 9.17) is 16.3 Å². The maximum Gasteiger partial charge on any atom is 0.261 e. The second-order valence-electron chi connectivity index (χ2n) is 8.14. The van der Waals surface area contributed by atoms with Gasteiger partial charge in [-0.25, -0.2) is 4.39 Å². The summed E-state index contributed by atoms with van der Waals surface area (Å²) in [7, 11) is 0.